The quantitative estimate of drug-likeness (QED) is 0.893. The van der Waals surface area contributed by atoms with Gasteiger partial charge in [-0.1, -0.05) is 12.8 Å². The summed E-state index contributed by atoms with van der Waals surface area (Å²) in [6.45, 7) is 0. The average Bonchev–Trinajstić information content (AvgIpc) is 3.11. The fraction of sp³-hybridized carbons (Fsp3) is 0.400. The summed E-state index contributed by atoms with van der Waals surface area (Å²) < 4.78 is 8.52. The Morgan fingerprint density at radius 3 is 2.90 bits per heavy atom. The van der Waals surface area contributed by atoms with E-state index in [2.05, 4.69) is 37.0 Å². The number of imidazole rings is 1. The SMILES string of the molecule is COc1ccc(Br)c(Nc2nccn2C2CCCC2)c1. The van der Waals surface area contributed by atoms with Gasteiger partial charge in [0.2, 0.25) is 5.95 Å². The summed E-state index contributed by atoms with van der Waals surface area (Å²) in [5.74, 6) is 1.72. The van der Waals surface area contributed by atoms with Gasteiger partial charge in [0.05, 0.1) is 12.8 Å². The molecule has 1 heterocycles. The van der Waals surface area contributed by atoms with Crippen LogP contribution in [0.4, 0.5) is 11.6 Å². The summed E-state index contributed by atoms with van der Waals surface area (Å²) in [5, 5.41) is 3.40. The Bertz CT molecular complexity index is 591. The van der Waals surface area contributed by atoms with E-state index < -0.39 is 0 Å². The Balaban J connectivity index is 1.86. The molecule has 5 heteroatoms. The largest absolute Gasteiger partial charge is 0.497 e. The third-order valence-electron chi connectivity index (χ3n) is 3.81. The van der Waals surface area contributed by atoms with Crippen LogP contribution in [0.1, 0.15) is 31.7 Å². The maximum Gasteiger partial charge on any atom is 0.207 e. The Hall–Kier alpha value is -1.49. The molecule has 0 amide bonds. The fourth-order valence-corrected chi connectivity index (χ4v) is 3.08. The zero-order chi connectivity index (χ0) is 13.9. The molecular formula is C15H18BrN3O. The molecule has 2 aromatic rings. The van der Waals surface area contributed by atoms with E-state index in [1.807, 2.05) is 24.4 Å². The lowest BCUT2D eigenvalue weighted by atomic mass is 10.2. The van der Waals surface area contributed by atoms with Crippen molar-refractivity contribution in [2.75, 3.05) is 12.4 Å². The third kappa shape index (κ3) is 2.68. The molecule has 1 aromatic heterocycles. The van der Waals surface area contributed by atoms with Gasteiger partial charge in [0, 0.05) is 29.0 Å². The second-order valence-electron chi connectivity index (χ2n) is 5.07. The minimum absolute atomic E-state index is 0.574. The number of anilines is 2. The van der Waals surface area contributed by atoms with Crippen molar-refractivity contribution in [2.24, 2.45) is 0 Å². The normalized spacial score (nSPS) is 15.5. The molecule has 0 bridgehead atoms. The molecule has 0 aliphatic heterocycles. The van der Waals surface area contributed by atoms with Crippen LogP contribution in [0.5, 0.6) is 5.75 Å². The number of rotatable bonds is 4. The zero-order valence-corrected chi connectivity index (χ0v) is 13.1. The van der Waals surface area contributed by atoms with E-state index in [0.29, 0.717) is 6.04 Å². The van der Waals surface area contributed by atoms with Crippen molar-refractivity contribution in [2.45, 2.75) is 31.7 Å². The molecule has 0 unspecified atom stereocenters. The number of benzene rings is 1. The highest BCUT2D eigenvalue weighted by Crippen LogP contribution is 2.34. The number of hydrogen-bond acceptors (Lipinski definition) is 3. The number of methoxy groups -OCH3 is 1. The Morgan fingerprint density at radius 1 is 1.35 bits per heavy atom. The summed E-state index contributed by atoms with van der Waals surface area (Å²) in [6, 6.07) is 6.45. The maximum absolute atomic E-state index is 5.27. The first-order chi connectivity index (χ1) is 9.78. The maximum atomic E-state index is 5.27. The highest BCUT2D eigenvalue weighted by atomic mass is 79.9. The molecule has 0 radical (unpaired) electrons. The number of halogens is 1. The van der Waals surface area contributed by atoms with Crippen LogP contribution in [0.25, 0.3) is 0 Å². The topological polar surface area (TPSA) is 39.1 Å². The lowest BCUT2D eigenvalue weighted by Crippen LogP contribution is -2.08. The van der Waals surface area contributed by atoms with Crippen molar-refractivity contribution >= 4 is 27.6 Å². The van der Waals surface area contributed by atoms with E-state index in [0.717, 1.165) is 21.9 Å². The first kappa shape index (κ1) is 13.5. The van der Waals surface area contributed by atoms with Gasteiger partial charge in [0.1, 0.15) is 5.75 Å². The van der Waals surface area contributed by atoms with Gasteiger partial charge in [-0.05, 0) is 40.9 Å². The molecule has 1 fully saturated rings. The smallest absolute Gasteiger partial charge is 0.207 e. The fourth-order valence-electron chi connectivity index (χ4n) is 2.73. The van der Waals surface area contributed by atoms with Crippen molar-refractivity contribution in [3.05, 3.63) is 35.1 Å². The molecule has 4 nitrogen and oxygen atoms in total. The van der Waals surface area contributed by atoms with Gasteiger partial charge in [0.15, 0.2) is 0 Å². The van der Waals surface area contributed by atoms with E-state index >= 15 is 0 Å². The Kier molecular flexibility index (Phi) is 3.96. The molecule has 20 heavy (non-hydrogen) atoms. The standard InChI is InChI=1S/C15H18BrN3O/c1-20-12-6-7-13(16)14(10-12)18-15-17-8-9-19(15)11-4-2-3-5-11/h6-11H,2-5H2,1H3,(H,17,18). The van der Waals surface area contributed by atoms with Crippen LogP contribution in [-0.4, -0.2) is 16.7 Å². The van der Waals surface area contributed by atoms with Crippen molar-refractivity contribution < 1.29 is 4.74 Å². The summed E-state index contributed by atoms with van der Waals surface area (Å²) in [6.07, 6.45) is 9.02. The summed E-state index contributed by atoms with van der Waals surface area (Å²) in [5.41, 5.74) is 0.967. The number of nitrogens with zero attached hydrogens (tertiary/aromatic N) is 2. The molecule has 0 saturated heterocycles. The molecule has 1 aliphatic carbocycles. The van der Waals surface area contributed by atoms with Crippen molar-refractivity contribution in [1.29, 1.82) is 0 Å². The molecule has 1 N–H and O–H groups in total. The Labute approximate surface area is 127 Å². The van der Waals surface area contributed by atoms with Crippen LogP contribution in [-0.2, 0) is 0 Å². The van der Waals surface area contributed by atoms with E-state index in [1.165, 1.54) is 25.7 Å². The number of aromatic nitrogens is 2. The van der Waals surface area contributed by atoms with E-state index in [4.69, 9.17) is 4.74 Å². The van der Waals surface area contributed by atoms with Crippen LogP contribution in [0.2, 0.25) is 0 Å². The monoisotopic (exact) mass is 335 g/mol. The first-order valence-corrected chi connectivity index (χ1v) is 7.70. The van der Waals surface area contributed by atoms with Crippen molar-refractivity contribution in [1.82, 2.24) is 9.55 Å². The lowest BCUT2D eigenvalue weighted by molar-refractivity contribution is 0.415. The van der Waals surface area contributed by atoms with Crippen molar-refractivity contribution in [3.63, 3.8) is 0 Å². The molecule has 3 rings (SSSR count). The van der Waals surface area contributed by atoms with Gasteiger partial charge < -0.3 is 14.6 Å². The average molecular weight is 336 g/mol. The predicted molar refractivity (Wildman–Crippen MR) is 83.7 cm³/mol. The predicted octanol–water partition coefficient (Wildman–Crippen LogP) is 4.51. The van der Waals surface area contributed by atoms with Crippen LogP contribution in [0.15, 0.2) is 35.1 Å². The van der Waals surface area contributed by atoms with Crippen LogP contribution in [0, 0.1) is 0 Å². The van der Waals surface area contributed by atoms with E-state index in [-0.39, 0.29) is 0 Å². The van der Waals surface area contributed by atoms with Crippen molar-refractivity contribution in [3.8, 4) is 5.75 Å². The van der Waals surface area contributed by atoms with E-state index in [1.54, 1.807) is 7.11 Å². The number of nitrogens with one attached hydrogen (secondary N) is 1. The summed E-state index contributed by atoms with van der Waals surface area (Å²) in [7, 11) is 1.67. The minimum atomic E-state index is 0.574. The zero-order valence-electron chi connectivity index (χ0n) is 11.5. The van der Waals surface area contributed by atoms with Gasteiger partial charge in [-0.15, -0.1) is 0 Å². The van der Waals surface area contributed by atoms with Gasteiger partial charge >= 0.3 is 0 Å². The molecular weight excluding hydrogens is 318 g/mol. The van der Waals surface area contributed by atoms with Crippen LogP contribution >= 0.6 is 15.9 Å². The molecule has 0 atom stereocenters. The number of ether oxygens (including phenoxy) is 1. The summed E-state index contributed by atoms with van der Waals surface area (Å²) in [4.78, 5) is 4.44. The minimum Gasteiger partial charge on any atom is -0.497 e. The second-order valence-corrected chi connectivity index (χ2v) is 5.92. The van der Waals surface area contributed by atoms with Gasteiger partial charge in [-0.3, -0.25) is 0 Å². The van der Waals surface area contributed by atoms with Gasteiger partial charge in [0.25, 0.3) is 0 Å². The first-order valence-electron chi connectivity index (χ1n) is 6.91. The second kappa shape index (κ2) is 5.87. The van der Waals surface area contributed by atoms with Gasteiger partial charge in [-0.25, -0.2) is 4.98 Å². The highest BCUT2D eigenvalue weighted by Gasteiger charge is 2.19. The number of hydrogen-bond donors (Lipinski definition) is 1. The molecule has 1 aromatic carbocycles. The van der Waals surface area contributed by atoms with E-state index in [9.17, 15) is 0 Å². The van der Waals surface area contributed by atoms with Crippen LogP contribution < -0.4 is 10.1 Å². The molecule has 0 spiro atoms. The van der Waals surface area contributed by atoms with Gasteiger partial charge in [-0.2, -0.15) is 0 Å². The lowest BCUT2D eigenvalue weighted by Gasteiger charge is -2.16. The summed E-state index contributed by atoms with van der Waals surface area (Å²) >= 11 is 3.56. The highest BCUT2D eigenvalue weighted by molar-refractivity contribution is 9.10. The Morgan fingerprint density at radius 2 is 2.15 bits per heavy atom. The third-order valence-corrected chi connectivity index (χ3v) is 4.50. The molecule has 106 valence electrons. The van der Waals surface area contributed by atoms with Crippen LogP contribution in [0.3, 0.4) is 0 Å². The molecule has 1 saturated carbocycles. The molecule has 1 aliphatic rings.